The van der Waals surface area contributed by atoms with Crippen LogP contribution in [0.1, 0.15) is 22.5 Å². The van der Waals surface area contributed by atoms with Crippen LogP contribution in [0.2, 0.25) is 0 Å². The van der Waals surface area contributed by atoms with Crippen molar-refractivity contribution in [1.29, 1.82) is 0 Å². The highest BCUT2D eigenvalue weighted by atomic mass is 16.5. The zero-order valence-corrected chi connectivity index (χ0v) is 20.6. The molecule has 180 valence electrons. The van der Waals surface area contributed by atoms with Gasteiger partial charge in [-0.1, -0.05) is 66.7 Å². The fourth-order valence-electron chi connectivity index (χ4n) is 4.75. The summed E-state index contributed by atoms with van der Waals surface area (Å²) in [5.41, 5.74) is 4.40. The Bertz CT molecular complexity index is 1680. The summed E-state index contributed by atoms with van der Waals surface area (Å²) in [6, 6.07) is 35.0. The SMILES string of the molecule is COc1ccc(Cc2nccc3ccccc23)cc1Oc1ccc(Cc2nccc3ccccc23)cc1. The van der Waals surface area contributed by atoms with Gasteiger partial charge in [-0.25, -0.2) is 0 Å². The van der Waals surface area contributed by atoms with Crippen LogP contribution in [0.3, 0.4) is 0 Å². The number of nitrogens with zero attached hydrogens (tertiary/aromatic N) is 2. The molecule has 4 aromatic carbocycles. The van der Waals surface area contributed by atoms with Gasteiger partial charge < -0.3 is 9.47 Å². The number of aromatic nitrogens is 2. The molecule has 0 radical (unpaired) electrons. The van der Waals surface area contributed by atoms with Crippen molar-refractivity contribution in [3.8, 4) is 17.2 Å². The molecule has 0 aliphatic carbocycles. The molecule has 0 aliphatic rings. The first kappa shape index (κ1) is 22.7. The maximum Gasteiger partial charge on any atom is 0.169 e. The fourth-order valence-corrected chi connectivity index (χ4v) is 4.75. The first-order valence-electron chi connectivity index (χ1n) is 12.4. The number of hydrogen-bond acceptors (Lipinski definition) is 4. The summed E-state index contributed by atoms with van der Waals surface area (Å²) in [6.45, 7) is 0. The third-order valence-corrected chi connectivity index (χ3v) is 6.63. The van der Waals surface area contributed by atoms with Crippen molar-refractivity contribution in [2.45, 2.75) is 12.8 Å². The average molecular weight is 483 g/mol. The summed E-state index contributed by atoms with van der Waals surface area (Å²) in [5.74, 6) is 2.13. The highest BCUT2D eigenvalue weighted by Crippen LogP contribution is 2.34. The Balaban J connectivity index is 1.22. The summed E-state index contributed by atoms with van der Waals surface area (Å²) in [4.78, 5) is 9.27. The van der Waals surface area contributed by atoms with Crippen molar-refractivity contribution in [3.05, 3.63) is 138 Å². The predicted molar refractivity (Wildman–Crippen MR) is 149 cm³/mol. The summed E-state index contributed by atoms with van der Waals surface area (Å²) in [6.07, 6.45) is 5.22. The molecule has 2 aromatic heterocycles. The lowest BCUT2D eigenvalue weighted by molar-refractivity contribution is 0.378. The van der Waals surface area contributed by atoms with Crippen LogP contribution in [-0.2, 0) is 12.8 Å². The Morgan fingerprint density at radius 3 is 1.76 bits per heavy atom. The normalized spacial score (nSPS) is 11.1. The summed E-state index contributed by atoms with van der Waals surface area (Å²) in [7, 11) is 1.66. The lowest BCUT2D eigenvalue weighted by Crippen LogP contribution is -1.97. The smallest absolute Gasteiger partial charge is 0.169 e. The molecule has 4 nitrogen and oxygen atoms in total. The second-order valence-corrected chi connectivity index (χ2v) is 9.04. The molecular formula is C33H26N2O2. The highest BCUT2D eigenvalue weighted by Gasteiger charge is 2.11. The van der Waals surface area contributed by atoms with E-state index < -0.39 is 0 Å². The second kappa shape index (κ2) is 10.1. The molecule has 37 heavy (non-hydrogen) atoms. The Kier molecular flexibility index (Phi) is 6.22. The molecule has 2 heterocycles. The Morgan fingerprint density at radius 2 is 1.14 bits per heavy atom. The van der Waals surface area contributed by atoms with Gasteiger partial charge in [-0.3, -0.25) is 9.97 Å². The van der Waals surface area contributed by atoms with Gasteiger partial charge in [0.25, 0.3) is 0 Å². The topological polar surface area (TPSA) is 44.2 Å². The molecule has 6 rings (SSSR count). The molecule has 0 saturated heterocycles. The van der Waals surface area contributed by atoms with E-state index in [4.69, 9.17) is 9.47 Å². The summed E-state index contributed by atoms with van der Waals surface area (Å²) in [5, 5.41) is 4.75. The van der Waals surface area contributed by atoms with Gasteiger partial charge in [0.05, 0.1) is 18.5 Å². The average Bonchev–Trinajstić information content (AvgIpc) is 2.95. The number of benzene rings is 4. The molecule has 0 fully saturated rings. The van der Waals surface area contributed by atoms with E-state index in [9.17, 15) is 0 Å². The molecule has 4 heteroatoms. The number of methoxy groups -OCH3 is 1. The molecule has 0 amide bonds. The van der Waals surface area contributed by atoms with Crippen LogP contribution in [0, 0.1) is 0 Å². The minimum absolute atomic E-state index is 0.684. The largest absolute Gasteiger partial charge is 0.493 e. The molecule has 0 unspecified atom stereocenters. The van der Waals surface area contributed by atoms with Crippen LogP contribution in [-0.4, -0.2) is 17.1 Å². The van der Waals surface area contributed by atoms with E-state index in [2.05, 4.69) is 76.7 Å². The van der Waals surface area contributed by atoms with Crippen molar-refractivity contribution in [2.24, 2.45) is 0 Å². The third kappa shape index (κ3) is 4.87. The van der Waals surface area contributed by atoms with Crippen molar-refractivity contribution >= 4 is 21.5 Å². The van der Waals surface area contributed by atoms with Gasteiger partial charge in [0.2, 0.25) is 0 Å². The minimum Gasteiger partial charge on any atom is -0.493 e. The van der Waals surface area contributed by atoms with E-state index in [1.54, 1.807) is 7.11 Å². The molecule has 0 N–H and O–H groups in total. The van der Waals surface area contributed by atoms with Crippen LogP contribution >= 0.6 is 0 Å². The summed E-state index contributed by atoms with van der Waals surface area (Å²) < 4.78 is 11.9. The molecule has 0 bridgehead atoms. The minimum atomic E-state index is 0.684. The second-order valence-electron chi connectivity index (χ2n) is 9.04. The maximum absolute atomic E-state index is 6.28. The van der Waals surface area contributed by atoms with Gasteiger partial charge in [0.15, 0.2) is 11.5 Å². The van der Waals surface area contributed by atoms with Crippen molar-refractivity contribution in [3.63, 3.8) is 0 Å². The molecule has 0 aliphatic heterocycles. The van der Waals surface area contributed by atoms with Crippen LogP contribution in [0.4, 0.5) is 0 Å². The van der Waals surface area contributed by atoms with E-state index in [0.29, 0.717) is 17.9 Å². The van der Waals surface area contributed by atoms with Crippen LogP contribution in [0.5, 0.6) is 17.2 Å². The fraction of sp³-hybridized carbons (Fsp3) is 0.0909. The van der Waals surface area contributed by atoms with E-state index in [-0.39, 0.29) is 0 Å². The maximum atomic E-state index is 6.28. The Morgan fingerprint density at radius 1 is 0.568 bits per heavy atom. The number of pyridine rings is 2. The van der Waals surface area contributed by atoms with E-state index in [1.165, 1.54) is 27.1 Å². The zero-order chi connectivity index (χ0) is 25.0. The van der Waals surface area contributed by atoms with E-state index >= 15 is 0 Å². The van der Waals surface area contributed by atoms with E-state index in [1.807, 2.05) is 48.8 Å². The van der Waals surface area contributed by atoms with Crippen molar-refractivity contribution < 1.29 is 9.47 Å². The zero-order valence-electron chi connectivity index (χ0n) is 20.6. The van der Waals surface area contributed by atoms with Gasteiger partial charge >= 0.3 is 0 Å². The molecular weight excluding hydrogens is 456 g/mol. The number of hydrogen-bond donors (Lipinski definition) is 0. The van der Waals surface area contributed by atoms with Gasteiger partial charge in [0.1, 0.15) is 5.75 Å². The van der Waals surface area contributed by atoms with Gasteiger partial charge in [-0.15, -0.1) is 0 Å². The summed E-state index contributed by atoms with van der Waals surface area (Å²) >= 11 is 0. The van der Waals surface area contributed by atoms with Crippen LogP contribution < -0.4 is 9.47 Å². The Hall–Kier alpha value is -4.70. The van der Waals surface area contributed by atoms with Crippen LogP contribution in [0.15, 0.2) is 116 Å². The van der Waals surface area contributed by atoms with Gasteiger partial charge in [0, 0.05) is 36.0 Å². The van der Waals surface area contributed by atoms with Crippen molar-refractivity contribution in [2.75, 3.05) is 7.11 Å². The molecule has 0 atom stereocenters. The molecule has 0 spiro atoms. The lowest BCUT2D eigenvalue weighted by atomic mass is 10.0. The van der Waals surface area contributed by atoms with Gasteiger partial charge in [-0.2, -0.15) is 0 Å². The quantitative estimate of drug-likeness (QED) is 0.233. The highest BCUT2D eigenvalue weighted by molar-refractivity contribution is 5.85. The molecule has 6 aromatic rings. The standard InChI is InChI=1S/C33H26N2O2/c1-36-32-15-12-24(21-31-29-9-5-3-7-26(29)17-19-35-31)22-33(32)37-27-13-10-23(11-14-27)20-30-28-8-4-2-6-25(28)16-18-34-30/h2-19,22H,20-21H2,1H3. The first-order valence-corrected chi connectivity index (χ1v) is 12.4. The number of rotatable bonds is 7. The number of fused-ring (bicyclic) bond motifs is 2. The van der Waals surface area contributed by atoms with E-state index in [0.717, 1.165) is 29.1 Å². The molecule has 0 saturated carbocycles. The number of ether oxygens (including phenoxy) is 2. The van der Waals surface area contributed by atoms with Crippen LogP contribution in [0.25, 0.3) is 21.5 Å². The Labute approximate surface area is 216 Å². The first-order chi connectivity index (χ1) is 18.3. The van der Waals surface area contributed by atoms with Gasteiger partial charge in [-0.05, 0) is 58.3 Å². The monoisotopic (exact) mass is 482 g/mol. The van der Waals surface area contributed by atoms with Crippen molar-refractivity contribution in [1.82, 2.24) is 9.97 Å². The lowest BCUT2D eigenvalue weighted by Gasteiger charge is -2.13. The predicted octanol–water partition coefficient (Wildman–Crippen LogP) is 7.77. The third-order valence-electron chi connectivity index (χ3n) is 6.63.